The number of nitrogens with one attached hydrogen (secondary N) is 1. The molecule has 2 heterocycles. The molecular weight excluding hydrogens is 256 g/mol. The van der Waals surface area contributed by atoms with Crippen LogP contribution >= 0.6 is 15.9 Å². The minimum absolute atomic E-state index is 0.269. The van der Waals surface area contributed by atoms with Crippen LogP contribution in [0.15, 0.2) is 16.9 Å². The molecule has 0 amide bonds. The number of piperidine rings is 1. The van der Waals surface area contributed by atoms with Gasteiger partial charge in [0.2, 0.25) is 0 Å². The monoisotopic (exact) mass is 265 g/mol. The summed E-state index contributed by atoms with van der Waals surface area (Å²) < 4.78 is 28.9. The predicted octanol–water partition coefficient (Wildman–Crippen LogP) is 1.82. The van der Waals surface area contributed by atoms with Crippen molar-refractivity contribution in [2.75, 3.05) is 13.1 Å². The van der Waals surface area contributed by atoms with E-state index in [2.05, 4.69) is 26.3 Å². The van der Waals surface area contributed by atoms with E-state index >= 15 is 0 Å². The second-order valence-electron chi connectivity index (χ2n) is 3.38. The number of hydrogen-bond donors (Lipinski definition) is 1. The minimum Gasteiger partial charge on any atom is -0.311 e. The maximum absolute atomic E-state index is 13.4. The lowest BCUT2D eigenvalue weighted by Gasteiger charge is -2.31. The molecule has 78 valence electrons. The normalized spacial score (nSPS) is 26.4. The number of nitrogens with zero attached hydrogens (tertiary/aromatic N) is 2. The third-order valence-electron chi connectivity index (χ3n) is 2.33. The van der Waals surface area contributed by atoms with Crippen molar-refractivity contribution in [3.63, 3.8) is 0 Å². The van der Waals surface area contributed by atoms with Gasteiger partial charge in [0, 0.05) is 6.20 Å². The molecule has 1 unspecified atom stereocenters. The van der Waals surface area contributed by atoms with Gasteiger partial charge >= 0.3 is 0 Å². The summed E-state index contributed by atoms with van der Waals surface area (Å²) in [5.74, 6) is -2.72. The maximum atomic E-state index is 13.4. The van der Waals surface area contributed by atoms with Gasteiger partial charge in [-0.1, -0.05) is 0 Å². The van der Waals surface area contributed by atoms with Crippen LogP contribution in [-0.4, -0.2) is 28.8 Å². The molecule has 0 saturated carbocycles. The largest absolute Gasteiger partial charge is 0.311 e. The van der Waals surface area contributed by atoms with E-state index in [0.29, 0.717) is 13.0 Å². The average molecular weight is 266 g/mol. The summed E-state index contributed by atoms with van der Waals surface area (Å²) in [6.07, 6.45) is 3.52. The molecule has 6 heteroatoms. The summed E-state index contributed by atoms with van der Waals surface area (Å²) >= 11 is 3.19. The van der Waals surface area contributed by atoms with E-state index in [4.69, 9.17) is 0 Å². The first-order chi connectivity index (χ1) is 6.59. The van der Waals surface area contributed by atoms with E-state index in [1.54, 1.807) is 6.20 Å². The lowest BCUT2D eigenvalue weighted by molar-refractivity contribution is -0.0697. The molecule has 1 aromatic rings. The highest BCUT2D eigenvalue weighted by atomic mass is 79.9. The van der Waals surface area contributed by atoms with Crippen LogP contribution in [0.2, 0.25) is 0 Å². The number of rotatable bonds is 1. The summed E-state index contributed by atoms with van der Waals surface area (Å²) in [5.41, 5.74) is 0. The van der Waals surface area contributed by atoms with Gasteiger partial charge in [-0.3, -0.25) is 4.68 Å². The Morgan fingerprint density at radius 3 is 3.00 bits per heavy atom. The molecule has 1 aliphatic heterocycles. The Bertz CT molecular complexity index is 326. The fourth-order valence-electron chi connectivity index (χ4n) is 1.63. The summed E-state index contributed by atoms with van der Waals surface area (Å²) in [7, 11) is 0. The number of hydrogen-bond acceptors (Lipinski definition) is 2. The van der Waals surface area contributed by atoms with E-state index in [-0.39, 0.29) is 6.54 Å². The Balaban J connectivity index is 2.23. The molecule has 0 spiro atoms. The molecule has 0 radical (unpaired) electrons. The Morgan fingerprint density at radius 1 is 1.64 bits per heavy atom. The van der Waals surface area contributed by atoms with Gasteiger partial charge in [-0.15, -0.1) is 0 Å². The molecule has 0 aromatic carbocycles. The minimum atomic E-state index is -2.72. The zero-order valence-corrected chi connectivity index (χ0v) is 8.97. The molecule has 1 atom stereocenters. The van der Waals surface area contributed by atoms with Gasteiger partial charge in [0.15, 0.2) is 0 Å². The van der Waals surface area contributed by atoms with Crippen molar-refractivity contribution in [1.82, 2.24) is 15.1 Å². The standard InChI is InChI=1S/C8H10BrF2N3/c9-6-3-13-14(4-6)7-1-2-12-5-8(7,10)11/h3-4,7,12H,1-2,5H2. The third kappa shape index (κ3) is 1.81. The fourth-order valence-corrected chi connectivity index (χ4v) is 1.94. The van der Waals surface area contributed by atoms with Crippen LogP contribution in [0.3, 0.4) is 0 Å². The molecule has 1 saturated heterocycles. The second-order valence-corrected chi connectivity index (χ2v) is 4.30. The van der Waals surface area contributed by atoms with Crippen LogP contribution in [0.4, 0.5) is 8.78 Å². The van der Waals surface area contributed by atoms with E-state index in [1.165, 1.54) is 10.9 Å². The quantitative estimate of drug-likeness (QED) is 0.840. The average Bonchev–Trinajstić information content (AvgIpc) is 2.51. The van der Waals surface area contributed by atoms with Gasteiger partial charge in [0.05, 0.1) is 17.2 Å². The first-order valence-corrected chi connectivity index (χ1v) is 5.17. The summed E-state index contributed by atoms with van der Waals surface area (Å²) in [5, 5.41) is 6.58. The highest BCUT2D eigenvalue weighted by Gasteiger charge is 2.43. The zero-order chi connectivity index (χ0) is 10.2. The first kappa shape index (κ1) is 10.0. The van der Waals surface area contributed by atoms with Crippen LogP contribution < -0.4 is 5.32 Å². The predicted molar refractivity (Wildman–Crippen MR) is 51.4 cm³/mol. The topological polar surface area (TPSA) is 29.9 Å². The van der Waals surface area contributed by atoms with Gasteiger partial charge in [-0.05, 0) is 28.9 Å². The Morgan fingerprint density at radius 2 is 2.43 bits per heavy atom. The van der Waals surface area contributed by atoms with Gasteiger partial charge in [0.25, 0.3) is 5.92 Å². The fraction of sp³-hybridized carbons (Fsp3) is 0.625. The number of aromatic nitrogens is 2. The smallest absolute Gasteiger partial charge is 0.282 e. The first-order valence-electron chi connectivity index (χ1n) is 4.38. The van der Waals surface area contributed by atoms with Crippen molar-refractivity contribution in [3.8, 4) is 0 Å². The third-order valence-corrected chi connectivity index (χ3v) is 2.74. The van der Waals surface area contributed by atoms with Crippen LogP contribution in [-0.2, 0) is 0 Å². The SMILES string of the molecule is FC1(F)CNCCC1n1cc(Br)cn1. The van der Waals surface area contributed by atoms with E-state index in [1.807, 2.05) is 0 Å². The van der Waals surface area contributed by atoms with Crippen molar-refractivity contribution >= 4 is 15.9 Å². The molecule has 3 nitrogen and oxygen atoms in total. The lowest BCUT2D eigenvalue weighted by Crippen LogP contribution is -2.47. The maximum Gasteiger partial charge on any atom is 0.282 e. The highest BCUT2D eigenvalue weighted by molar-refractivity contribution is 9.10. The Kier molecular flexibility index (Phi) is 2.57. The van der Waals surface area contributed by atoms with Crippen LogP contribution in [0.5, 0.6) is 0 Å². The zero-order valence-electron chi connectivity index (χ0n) is 7.38. The Labute approximate surface area is 88.6 Å². The van der Waals surface area contributed by atoms with E-state index in [9.17, 15) is 8.78 Å². The van der Waals surface area contributed by atoms with E-state index in [0.717, 1.165) is 4.47 Å². The molecule has 1 N–H and O–H groups in total. The van der Waals surface area contributed by atoms with Crippen LogP contribution in [0, 0.1) is 0 Å². The number of halogens is 3. The summed E-state index contributed by atoms with van der Waals surface area (Å²) in [6.45, 7) is 0.340. The lowest BCUT2D eigenvalue weighted by atomic mass is 10.0. The molecule has 2 rings (SSSR count). The van der Waals surface area contributed by atoms with Gasteiger partial charge in [-0.2, -0.15) is 5.10 Å². The van der Waals surface area contributed by atoms with Gasteiger partial charge in [0.1, 0.15) is 6.04 Å². The van der Waals surface area contributed by atoms with E-state index < -0.39 is 12.0 Å². The van der Waals surface area contributed by atoms with Crippen molar-refractivity contribution in [2.45, 2.75) is 18.4 Å². The van der Waals surface area contributed by atoms with Crippen molar-refractivity contribution < 1.29 is 8.78 Å². The second kappa shape index (κ2) is 3.58. The molecule has 1 aromatic heterocycles. The van der Waals surface area contributed by atoms with Crippen molar-refractivity contribution in [2.24, 2.45) is 0 Å². The Hall–Kier alpha value is -0.490. The summed E-state index contributed by atoms with van der Waals surface area (Å²) in [6, 6.07) is -0.824. The number of alkyl halides is 2. The van der Waals surface area contributed by atoms with Crippen molar-refractivity contribution in [3.05, 3.63) is 16.9 Å². The van der Waals surface area contributed by atoms with Crippen molar-refractivity contribution in [1.29, 1.82) is 0 Å². The van der Waals surface area contributed by atoms with Crippen LogP contribution in [0.1, 0.15) is 12.5 Å². The molecular formula is C8H10BrF2N3. The van der Waals surface area contributed by atoms with Crippen LogP contribution in [0.25, 0.3) is 0 Å². The highest BCUT2D eigenvalue weighted by Crippen LogP contribution is 2.33. The molecule has 1 aliphatic rings. The molecule has 1 fully saturated rings. The molecule has 0 aliphatic carbocycles. The molecule has 0 bridgehead atoms. The summed E-state index contributed by atoms with van der Waals surface area (Å²) in [4.78, 5) is 0. The molecule has 14 heavy (non-hydrogen) atoms. The van der Waals surface area contributed by atoms with Gasteiger partial charge < -0.3 is 5.32 Å². The van der Waals surface area contributed by atoms with Gasteiger partial charge in [-0.25, -0.2) is 8.78 Å².